The fourth-order valence-corrected chi connectivity index (χ4v) is 1.98. The summed E-state index contributed by atoms with van der Waals surface area (Å²) in [5.74, 6) is 0. The van der Waals surface area contributed by atoms with Gasteiger partial charge in [-0.15, -0.1) is 0 Å². The van der Waals surface area contributed by atoms with E-state index in [2.05, 4.69) is 0 Å². The highest BCUT2D eigenvalue weighted by atomic mass is 16.6. The molecule has 1 N–H and O–H groups in total. The topological polar surface area (TPSA) is 38.7 Å². The van der Waals surface area contributed by atoms with Crippen LogP contribution in [0.2, 0.25) is 0 Å². The van der Waals surface area contributed by atoms with Gasteiger partial charge >= 0.3 is 0 Å². The zero-order chi connectivity index (χ0) is 13.0. The molecule has 3 heteroatoms. The number of ether oxygens (including phenoxy) is 2. The predicted octanol–water partition coefficient (Wildman–Crippen LogP) is 2.30. The summed E-state index contributed by atoms with van der Waals surface area (Å²) in [5, 5.41) is 9.47. The molecule has 0 bridgehead atoms. The van der Waals surface area contributed by atoms with Crippen LogP contribution in [0.15, 0.2) is 42.5 Å². The van der Waals surface area contributed by atoms with Crippen LogP contribution in [-0.4, -0.2) is 29.5 Å². The van der Waals surface area contributed by atoms with E-state index in [1.807, 2.05) is 49.4 Å². The summed E-state index contributed by atoms with van der Waals surface area (Å²) in [6.45, 7) is 4.76. The molecule has 0 saturated heterocycles. The van der Waals surface area contributed by atoms with E-state index < -0.39 is 11.7 Å². The van der Waals surface area contributed by atoms with E-state index >= 15 is 0 Å². The lowest BCUT2D eigenvalue weighted by Gasteiger charge is -2.25. The Hall–Kier alpha value is -1.16. The third kappa shape index (κ3) is 3.42. The number of aliphatic hydroxyl groups excluding tert-OH is 1. The van der Waals surface area contributed by atoms with Gasteiger partial charge in [0.2, 0.25) is 0 Å². The molecule has 0 fully saturated rings. The summed E-state index contributed by atoms with van der Waals surface area (Å²) in [4.78, 5) is 0. The van der Waals surface area contributed by atoms with Gasteiger partial charge in [-0.05, 0) is 19.4 Å². The molecule has 3 atom stereocenters. The first-order valence-electron chi connectivity index (χ1n) is 6.26. The number of aliphatic hydroxyl groups is 1. The summed E-state index contributed by atoms with van der Waals surface area (Å²) in [5.41, 5.74) is 0.714. The number of hydrogen-bond donors (Lipinski definition) is 1. The molecule has 0 aliphatic carbocycles. The summed E-state index contributed by atoms with van der Waals surface area (Å²) in [6.07, 6.45) is 3.15. The highest BCUT2D eigenvalue weighted by Gasteiger charge is 2.33. The van der Waals surface area contributed by atoms with Crippen LogP contribution in [0.25, 0.3) is 0 Å². The smallest absolute Gasteiger partial charge is 0.108 e. The van der Waals surface area contributed by atoms with E-state index in [9.17, 15) is 5.11 Å². The minimum absolute atomic E-state index is 0.227. The molecule has 1 aromatic carbocycles. The number of benzene rings is 1. The van der Waals surface area contributed by atoms with Crippen LogP contribution >= 0.6 is 0 Å². The third-order valence-electron chi connectivity index (χ3n) is 3.02. The van der Waals surface area contributed by atoms with Crippen molar-refractivity contribution in [2.45, 2.75) is 38.3 Å². The summed E-state index contributed by atoms with van der Waals surface area (Å²) >= 11 is 0. The van der Waals surface area contributed by atoms with E-state index in [1.165, 1.54) is 0 Å². The first-order valence-corrected chi connectivity index (χ1v) is 6.26. The van der Waals surface area contributed by atoms with Gasteiger partial charge in [0.1, 0.15) is 11.7 Å². The minimum Gasteiger partial charge on any atom is -0.390 e. The Balaban J connectivity index is 1.79. The van der Waals surface area contributed by atoms with Crippen molar-refractivity contribution in [3.63, 3.8) is 0 Å². The monoisotopic (exact) mass is 248 g/mol. The van der Waals surface area contributed by atoms with E-state index in [4.69, 9.17) is 9.47 Å². The molecule has 98 valence electrons. The fourth-order valence-electron chi connectivity index (χ4n) is 1.98. The van der Waals surface area contributed by atoms with Crippen LogP contribution in [0.1, 0.15) is 19.4 Å². The maximum atomic E-state index is 9.47. The summed E-state index contributed by atoms with van der Waals surface area (Å²) < 4.78 is 11.4. The van der Waals surface area contributed by atoms with Crippen LogP contribution in [0.3, 0.4) is 0 Å². The van der Waals surface area contributed by atoms with Crippen LogP contribution in [-0.2, 0) is 16.1 Å². The van der Waals surface area contributed by atoms with Gasteiger partial charge in [0.15, 0.2) is 0 Å². The quantitative estimate of drug-likeness (QED) is 0.813. The molecular weight excluding hydrogens is 228 g/mol. The molecule has 3 nitrogen and oxygen atoms in total. The van der Waals surface area contributed by atoms with E-state index in [0.29, 0.717) is 13.2 Å². The molecule has 1 aliphatic rings. The summed E-state index contributed by atoms with van der Waals surface area (Å²) in [7, 11) is 0. The van der Waals surface area contributed by atoms with Crippen molar-refractivity contribution >= 4 is 0 Å². The largest absolute Gasteiger partial charge is 0.390 e. The Morgan fingerprint density at radius 2 is 2.11 bits per heavy atom. The lowest BCUT2D eigenvalue weighted by Crippen LogP contribution is -2.34. The second kappa shape index (κ2) is 5.65. The minimum atomic E-state index is -0.489. The SMILES string of the molecule is C[C@H](O)[C@H]1C=C[C@@](C)(COCc2ccccc2)O1. The molecular formula is C15H20O3. The predicted molar refractivity (Wildman–Crippen MR) is 70.2 cm³/mol. The van der Waals surface area contributed by atoms with Crippen molar-refractivity contribution in [1.82, 2.24) is 0 Å². The van der Waals surface area contributed by atoms with Crippen molar-refractivity contribution in [2.75, 3.05) is 6.61 Å². The fraction of sp³-hybridized carbons (Fsp3) is 0.467. The summed E-state index contributed by atoms with van der Waals surface area (Å²) in [6, 6.07) is 10.0. The maximum absolute atomic E-state index is 9.47. The van der Waals surface area contributed by atoms with Gasteiger partial charge in [-0.1, -0.05) is 42.5 Å². The first kappa shape index (κ1) is 13.3. The molecule has 0 amide bonds. The Morgan fingerprint density at radius 3 is 2.72 bits per heavy atom. The average Bonchev–Trinajstić information content (AvgIpc) is 2.74. The van der Waals surface area contributed by atoms with Gasteiger partial charge in [0, 0.05) is 0 Å². The molecule has 0 saturated carbocycles. The molecule has 1 heterocycles. The standard InChI is InChI=1S/C15H20O3/c1-12(16)14-8-9-15(2,18-14)11-17-10-13-6-4-3-5-7-13/h3-9,12,14,16H,10-11H2,1-2H3/t12-,14+,15-/m0/s1. The van der Waals surface area contributed by atoms with Crippen molar-refractivity contribution in [1.29, 1.82) is 0 Å². The second-order valence-corrected chi connectivity index (χ2v) is 4.97. The van der Waals surface area contributed by atoms with Crippen LogP contribution in [0.5, 0.6) is 0 Å². The molecule has 0 aromatic heterocycles. The van der Waals surface area contributed by atoms with Crippen molar-refractivity contribution in [3.05, 3.63) is 48.0 Å². The Morgan fingerprint density at radius 1 is 1.39 bits per heavy atom. The zero-order valence-corrected chi connectivity index (χ0v) is 10.9. The lowest BCUT2D eigenvalue weighted by atomic mass is 10.1. The maximum Gasteiger partial charge on any atom is 0.108 e. The normalized spacial score (nSPS) is 28.5. The molecule has 0 spiro atoms. The Bertz CT molecular complexity index is 399. The molecule has 1 aliphatic heterocycles. The molecule has 2 rings (SSSR count). The Labute approximate surface area is 108 Å². The molecule has 0 unspecified atom stereocenters. The highest BCUT2D eigenvalue weighted by Crippen LogP contribution is 2.25. The van der Waals surface area contributed by atoms with Crippen LogP contribution in [0.4, 0.5) is 0 Å². The third-order valence-corrected chi connectivity index (χ3v) is 3.02. The average molecular weight is 248 g/mol. The van der Waals surface area contributed by atoms with E-state index in [0.717, 1.165) is 5.56 Å². The Kier molecular flexibility index (Phi) is 4.17. The van der Waals surface area contributed by atoms with Crippen LogP contribution < -0.4 is 0 Å². The van der Waals surface area contributed by atoms with Crippen molar-refractivity contribution in [2.24, 2.45) is 0 Å². The zero-order valence-electron chi connectivity index (χ0n) is 10.9. The number of rotatable bonds is 5. The first-order chi connectivity index (χ1) is 8.59. The van der Waals surface area contributed by atoms with Crippen LogP contribution in [0, 0.1) is 0 Å². The van der Waals surface area contributed by atoms with Gasteiger partial charge in [0.25, 0.3) is 0 Å². The van der Waals surface area contributed by atoms with E-state index in [-0.39, 0.29) is 6.10 Å². The van der Waals surface area contributed by atoms with Gasteiger partial charge in [-0.25, -0.2) is 0 Å². The van der Waals surface area contributed by atoms with Gasteiger partial charge < -0.3 is 14.6 Å². The molecule has 18 heavy (non-hydrogen) atoms. The molecule has 0 radical (unpaired) electrons. The van der Waals surface area contributed by atoms with Crippen molar-refractivity contribution in [3.8, 4) is 0 Å². The van der Waals surface area contributed by atoms with Gasteiger partial charge in [-0.2, -0.15) is 0 Å². The van der Waals surface area contributed by atoms with Gasteiger partial charge in [-0.3, -0.25) is 0 Å². The number of hydrogen-bond acceptors (Lipinski definition) is 3. The lowest BCUT2D eigenvalue weighted by molar-refractivity contribution is -0.0973. The van der Waals surface area contributed by atoms with Crippen molar-refractivity contribution < 1.29 is 14.6 Å². The molecule has 1 aromatic rings. The van der Waals surface area contributed by atoms with Gasteiger partial charge in [0.05, 0.1) is 19.3 Å². The second-order valence-electron chi connectivity index (χ2n) is 4.97. The van der Waals surface area contributed by atoms with E-state index in [1.54, 1.807) is 6.92 Å². The highest BCUT2D eigenvalue weighted by molar-refractivity contribution is 5.14.